The summed E-state index contributed by atoms with van der Waals surface area (Å²) in [6.45, 7) is 2.30. The van der Waals surface area contributed by atoms with E-state index in [1.807, 2.05) is 6.92 Å². The number of hydrogen-bond donors (Lipinski definition) is 1. The molecule has 2 amide bonds. The Morgan fingerprint density at radius 2 is 2.00 bits per heavy atom. The van der Waals surface area contributed by atoms with Gasteiger partial charge in [0.25, 0.3) is 5.91 Å². The van der Waals surface area contributed by atoms with Crippen molar-refractivity contribution in [2.24, 2.45) is 18.7 Å². The van der Waals surface area contributed by atoms with Crippen molar-refractivity contribution < 1.29 is 9.59 Å². The Balaban J connectivity index is 2.26. The highest BCUT2D eigenvalue weighted by molar-refractivity contribution is 6.41. The number of halogens is 2. The van der Waals surface area contributed by atoms with Crippen LogP contribution in [0.5, 0.6) is 0 Å². The van der Waals surface area contributed by atoms with Gasteiger partial charge in [-0.15, -0.1) is 0 Å². The van der Waals surface area contributed by atoms with Gasteiger partial charge in [-0.3, -0.25) is 9.59 Å². The summed E-state index contributed by atoms with van der Waals surface area (Å²) in [6.07, 6.45) is 1.47. The van der Waals surface area contributed by atoms with E-state index < -0.39 is 0 Å². The van der Waals surface area contributed by atoms with Gasteiger partial charge in [0.1, 0.15) is 10.8 Å². The van der Waals surface area contributed by atoms with Crippen LogP contribution >= 0.6 is 23.2 Å². The van der Waals surface area contributed by atoms with Gasteiger partial charge in [0, 0.05) is 19.6 Å². The first-order valence-corrected chi connectivity index (χ1v) is 7.19. The zero-order chi connectivity index (χ0) is 15.0. The van der Waals surface area contributed by atoms with Gasteiger partial charge in [0.15, 0.2) is 0 Å². The zero-order valence-electron chi connectivity index (χ0n) is 11.4. The summed E-state index contributed by atoms with van der Waals surface area (Å²) in [4.78, 5) is 25.6. The van der Waals surface area contributed by atoms with E-state index in [1.54, 1.807) is 22.6 Å². The lowest BCUT2D eigenvalue weighted by molar-refractivity contribution is -0.123. The third-order valence-corrected chi connectivity index (χ3v) is 4.72. The standard InChI is InChI=1S/C13H17Cl2N3O2/c1-7-3-4-8(12(16)19)6-18(7)13(20)10-5-9(14)11(15)17(10)2/h5,7-8H,3-4,6H2,1-2H3,(H2,16,19)/t7-,8-/m0/s1. The van der Waals surface area contributed by atoms with E-state index in [9.17, 15) is 9.59 Å². The summed E-state index contributed by atoms with van der Waals surface area (Å²) in [5.41, 5.74) is 5.76. The molecule has 1 fully saturated rings. The van der Waals surface area contributed by atoms with Gasteiger partial charge in [-0.1, -0.05) is 23.2 Å². The predicted octanol–water partition coefficient (Wildman–Crippen LogP) is 2.06. The topological polar surface area (TPSA) is 68.3 Å². The van der Waals surface area contributed by atoms with Crippen molar-refractivity contribution in [3.8, 4) is 0 Å². The van der Waals surface area contributed by atoms with Crippen molar-refractivity contribution in [1.29, 1.82) is 0 Å². The summed E-state index contributed by atoms with van der Waals surface area (Å²) < 4.78 is 1.55. The molecule has 0 spiro atoms. The number of nitrogens with two attached hydrogens (primary N) is 1. The second kappa shape index (κ2) is 5.66. The highest BCUT2D eigenvalue weighted by atomic mass is 35.5. The van der Waals surface area contributed by atoms with Crippen molar-refractivity contribution in [2.45, 2.75) is 25.8 Å². The van der Waals surface area contributed by atoms with E-state index in [4.69, 9.17) is 28.9 Å². The number of carbonyl (C=O) groups is 2. The predicted molar refractivity (Wildman–Crippen MR) is 77.8 cm³/mol. The molecule has 0 bridgehead atoms. The van der Waals surface area contributed by atoms with Gasteiger partial charge in [-0.05, 0) is 25.8 Å². The van der Waals surface area contributed by atoms with Crippen LogP contribution in [0.25, 0.3) is 0 Å². The molecule has 0 unspecified atom stereocenters. The van der Waals surface area contributed by atoms with Crippen molar-refractivity contribution in [1.82, 2.24) is 9.47 Å². The van der Waals surface area contributed by atoms with Gasteiger partial charge in [0.05, 0.1) is 10.9 Å². The number of amides is 2. The van der Waals surface area contributed by atoms with Crippen molar-refractivity contribution in [3.63, 3.8) is 0 Å². The van der Waals surface area contributed by atoms with Crippen molar-refractivity contribution in [2.75, 3.05) is 6.54 Å². The molecule has 0 saturated carbocycles. The van der Waals surface area contributed by atoms with Gasteiger partial charge < -0.3 is 15.2 Å². The lowest BCUT2D eigenvalue weighted by Gasteiger charge is -2.36. The molecule has 1 aliphatic rings. The molecule has 1 aromatic rings. The summed E-state index contributed by atoms with van der Waals surface area (Å²) in [5, 5.41) is 0.666. The molecule has 20 heavy (non-hydrogen) atoms. The Morgan fingerprint density at radius 3 is 2.50 bits per heavy atom. The average Bonchev–Trinajstić information content (AvgIpc) is 2.66. The Morgan fingerprint density at radius 1 is 1.35 bits per heavy atom. The molecule has 5 nitrogen and oxygen atoms in total. The minimum absolute atomic E-state index is 0.0607. The molecule has 1 aromatic heterocycles. The van der Waals surface area contributed by atoms with Crippen LogP contribution in [-0.4, -0.2) is 33.9 Å². The van der Waals surface area contributed by atoms with E-state index >= 15 is 0 Å². The Hall–Kier alpha value is -1.20. The molecule has 2 N–H and O–H groups in total. The average molecular weight is 318 g/mol. The fraction of sp³-hybridized carbons (Fsp3) is 0.538. The minimum atomic E-state index is -0.363. The van der Waals surface area contributed by atoms with Crippen LogP contribution in [0.3, 0.4) is 0 Å². The quantitative estimate of drug-likeness (QED) is 0.907. The lowest BCUT2D eigenvalue weighted by atomic mass is 9.92. The number of hydrogen-bond acceptors (Lipinski definition) is 2. The van der Waals surface area contributed by atoms with Crippen LogP contribution in [0.15, 0.2) is 6.07 Å². The van der Waals surface area contributed by atoms with Crippen LogP contribution in [-0.2, 0) is 11.8 Å². The first-order chi connectivity index (χ1) is 9.32. The zero-order valence-corrected chi connectivity index (χ0v) is 12.9. The van der Waals surface area contributed by atoms with Crippen LogP contribution in [0.4, 0.5) is 0 Å². The highest BCUT2D eigenvalue weighted by Crippen LogP contribution is 2.28. The number of carbonyl (C=O) groups excluding carboxylic acids is 2. The maximum atomic E-state index is 12.6. The Labute approximate surface area is 127 Å². The number of nitrogens with zero attached hydrogens (tertiary/aromatic N) is 2. The van der Waals surface area contributed by atoms with Crippen LogP contribution in [0, 0.1) is 5.92 Å². The molecule has 1 saturated heterocycles. The minimum Gasteiger partial charge on any atom is -0.369 e. The third-order valence-electron chi connectivity index (χ3n) is 3.88. The van der Waals surface area contributed by atoms with Crippen LogP contribution in [0.2, 0.25) is 10.2 Å². The second-order valence-corrected chi connectivity index (χ2v) is 5.98. The van der Waals surface area contributed by atoms with E-state index in [2.05, 4.69) is 0 Å². The molecule has 7 heteroatoms. The molecule has 0 radical (unpaired) electrons. The Kier molecular flexibility index (Phi) is 4.30. The lowest BCUT2D eigenvalue weighted by Crippen LogP contribution is -2.49. The molecular formula is C13H17Cl2N3O2. The molecule has 0 aromatic carbocycles. The summed E-state index contributed by atoms with van der Waals surface area (Å²) in [6, 6.07) is 1.61. The van der Waals surface area contributed by atoms with E-state index in [1.165, 1.54) is 0 Å². The highest BCUT2D eigenvalue weighted by Gasteiger charge is 2.33. The van der Waals surface area contributed by atoms with E-state index in [-0.39, 0.29) is 23.8 Å². The summed E-state index contributed by atoms with van der Waals surface area (Å²) in [7, 11) is 1.68. The van der Waals surface area contributed by atoms with Gasteiger partial charge in [-0.2, -0.15) is 0 Å². The Bertz CT molecular complexity index is 556. The SMILES string of the molecule is C[C@H]1CC[C@H](C(N)=O)CN1C(=O)c1cc(Cl)c(Cl)n1C. The number of piperidine rings is 1. The van der Waals surface area contributed by atoms with Gasteiger partial charge in [0.2, 0.25) is 5.91 Å². The van der Waals surface area contributed by atoms with E-state index in [0.29, 0.717) is 22.4 Å². The molecule has 1 aliphatic heterocycles. The molecule has 0 aliphatic carbocycles. The second-order valence-electron chi connectivity index (χ2n) is 5.21. The maximum Gasteiger partial charge on any atom is 0.270 e. The normalized spacial score (nSPS) is 22.9. The number of rotatable bonds is 2. The number of aromatic nitrogens is 1. The molecule has 2 rings (SSSR count). The van der Waals surface area contributed by atoms with Crippen LogP contribution < -0.4 is 5.73 Å². The molecule has 2 atom stereocenters. The first kappa shape index (κ1) is 15.2. The number of primary amides is 1. The third kappa shape index (κ3) is 2.65. The number of likely N-dealkylation sites (tertiary alicyclic amines) is 1. The van der Waals surface area contributed by atoms with Gasteiger partial charge in [-0.25, -0.2) is 0 Å². The monoisotopic (exact) mass is 317 g/mol. The largest absolute Gasteiger partial charge is 0.369 e. The van der Waals surface area contributed by atoms with E-state index in [0.717, 1.165) is 12.8 Å². The molecule has 110 valence electrons. The van der Waals surface area contributed by atoms with Crippen LogP contribution in [0.1, 0.15) is 30.3 Å². The smallest absolute Gasteiger partial charge is 0.270 e. The van der Waals surface area contributed by atoms with Gasteiger partial charge >= 0.3 is 0 Å². The summed E-state index contributed by atoms with van der Waals surface area (Å²) in [5.74, 6) is -0.834. The summed E-state index contributed by atoms with van der Waals surface area (Å²) >= 11 is 11.9. The first-order valence-electron chi connectivity index (χ1n) is 6.44. The fourth-order valence-electron chi connectivity index (χ4n) is 2.52. The van der Waals surface area contributed by atoms with Crippen molar-refractivity contribution in [3.05, 3.63) is 21.9 Å². The molecule has 2 heterocycles. The fourth-order valence-corrected chi connectivity index (χ4v) is 2.89. The maximum absolute atomic E-state index is 12.6. The van der Waals surface area contributed by atoms with Crippen molar-refractivity contribution >= 4 is 35.0 Å². The molecular weight excluding hydrogens is 301 g/mol.